The molecule has 0 spiro atoms. The van der Waals surface area contributed by atoms with E-state index in [4.69, 9.17) is 4.42 Å². The molecule has 1 saturated carbocycles. The summed E-state index contributed by atoms with van der Waals surface area (Å²) in [5.74, 6) is -0.417. The molecule has 2 aromatic rings. The summed E-state index contributed by atoms with van der Waals surface area (Å²) in [4.78, 5) is 24.0. The van der Waals surface area contributed by atoms with Gasteiger partial charge in [0.2, 0.25) is 11.8 Å². The first-order valence-electron chi connectivity index (χ1n) is 8.86. The summed E-state index contributed by atoms with van der Waals surface area (Å²) < 4.78 is 34.0. The number of ether oxygens (including phenoxy) is 1. The van der Waals surface area contributed by atoms with Crippen molar-refractivity contribution < 1.29 is 27.5 Å². The molecule has 7 nitrogen and oxygen atoms in total. The van der Waals surface area contributed by atoms with E-state index in [0.717, 1.165) is 37.4 Å². The second kappa shape index (κ2) is 9.63. The summed E-state index contributed by atoms with van der Waals surface area (Å²) in [6.07, 6.45) is 5.58. The molecule has 1 N–H and O–H groups in total. The molecule has 3 rings (SSSR count). The zero-order chi connectivity index (χ0) is 19.9. The topological polar surface area (TPSA) is 94.3 Å². The Morgan fingerprint density at radius 2 is 1.89 bits per heavy atom. The third kappa shape index (κ3) is 5.75. The highest BCUT2D eigenvalue weighted by Crippen LogP contribution is 2.32. The maximum atomic E-state index is 12.1. The number of alkyl halides is 2. The molecule has 1 fully saturated rings. The maximum absolute atomic E-state index is 12.1. The number of benzene rings is 1. The van der Waals surface area contributed by atoms with Crippen LogP contribution in [0.5, 0.6) is 5.75 Å². The lowest BCUT2D eigenvalue weighted by Crippen LogP contribution is -2.31. The number of hydrogen-bond donors (Lipinski definition) is 1. The number of carbonyl (C=O) groups is 2. The SMILES string of the molecule is O=C(CSc1nnc(C2CCCCC2)o1)NC(=O)c1ccc(OC(F)F)cc1. The minimum Gasteiger partial charge on any atom is -0.435 e. The average Bonchev–Trinajstić information content (AvgIpc) is 3.16. The number of amides is 2. The van der Waals surface area contributed by atoms with E-state index < -0.39 is 18.4 Å². The summed E-state index contributed by atoms with van der Waals surface area (Å²) in [5, 5.41) is 10.5. The van der Waals surface area contributed by atoms with Crippen LogP contribution >= 0.6 is 11.8 Å². The van der Waals surface area contributed by atoms with Crippen LogP contribution in [-0.2, 0) is 4.79 Å². The maximum Gasteiger partial charge on any atom is 0.387 e. The van der Waals surface area contributed by atoms with E-state index in [9.17, 15) is 18.4 Å². The van der Waals surface area contributed by atoms with Gasteiger partial charge in [0.05, 0.1) is 5.75 Å². The van der Waals surface area contributed by atoms with Gasteiger partial charge in [-0.1, -0.05) is 31.0 Å². The lowest BCUT2D eigenvalue weighted by molar-refractivity contribution is -0.117. The van der Waals surface area contributed by atoms with Crippen LogP contribution in [0.4, 0.5) is 8.78 Å². The van der Waals surface area contributed by atoms with Crippen LogP contribution in [-0.4, -0.2) is 34.4 Å². The molecular formula is C18H19F2N3O4S. The van der Waals surface area contributed by atoms with E-state index in [1.165, 1.54) is 30.7 Å². The van der Waals surface area contributed by atoms with Gasteiger partial charge in [0, 0.05) is 11.5 Å². The Morgan fingerprint density at radius 1 is 1.18 bits per heavy atom. The number of carbonyl (C=O) groups excluding carboxylic acids is 2. The van der Waals surface area contributed by atoms with E-state index >= 15 is 0 Å². The summed E-state index contributed by atoms with van der Waals surface area (Å²) in [6, 6.07) is 5.04. The standard InChI is InChI=1S/C18H19F2N3O4S/c19-17(20)26-13-8-6-11(7-9-13)15(25)21-14(24)10-28-18-23-22-16(27-18)12-4-2-1-3-5-12/h6-9,12,17H,1-5,10H2,(H,21,24,25). The highest BCUT2D eigenvalue weighted by molar-refractivity contribution is 7.99. The van der Waals surface area contributed by atoms with Crippen LogP contribution in [0, 0.1) is 0 Å². The van der Waals surface area contributed by atoms with Crippen molar-refractivity contribution in [1.29, 1.82) is 0 Å². The first-order chi connectivity index (χ1) is 13.5. The van der Waals surface area contributed by atoms with Crippen molar-refractivity contribution in [3.8, 4) is 5.75 Å². The Labute approximate surface area is 164 Å². The fourth-order valence-electron chi connectivity index (χ4n) is 2.94. The number of halogens is 2. The molecule has 1 heterocycles. The first kappa shape index (κ1) is 20.2. The van der Waals surface area contributed by atoms with E-state index in [1.54, 1.807) is 0 Å². The molecule has 2 amide bonds. The minimum atomic E-state index is -2.94. The molecule has 0 atom stereocenters. The molecule has 1 aliphatic rings. The third-order valence-corrected chi connectivity index (χ3v) is 5.12. The number of hydrogen-bond acceptors (Lipinski definition) is 7. The monoisotopic (exact) mass is 411 g/mol. The minimum absolute atomic E-state index is 0.0649. The molecule has 1 aromatic heterocycles. The van der Waals surface area contributed by atoms with Gasteiger partial charge in [-0.25, -0.2) is 0 Å². The molecule has 28 heavy (non-hydrogen) atoms. The van der Waals surface area contributed by atoms with Crippen molar-refractivity contribution in [3.63, 3.8) is 0 Å². The zero-order valence-electron chi connectivity index (χ0n) is 14.9. The quantitative estimate of drug-likeness (QED) is 0.693. The summed E-state index contributed by atoms with van der Waals surface area (Å²) >= 11 is 1.05. The van der Waals surface area contributed by atoms with Gasteiger partial charge in [-0.2, -0.15) is 8.78 Å². The Morgan fingerprint density at radius 3 is 2.57 bits per heavy atom. The Balaban J connectivity index is 1.46. The molecular weight excluding hydrogens is 392 g/mol. The molecule has 0 aliphatic heterocycles. The summed E-state index contributed by atoms with van der Waals surface area (Å²) in [6.45, 7) is -2.94. The van der Waals surface area contributed by atoms with Gasteiger partial charge in [0.25, 0.3) is 11.1 Å². The van der Waals surface area contributed by atoms with Crippen molar-refractivity contribution in [1.82, 2.24) is 15.5 Å². The van der Waals surface area contributed by atoms with Crippen molar-refractivity contribution in [2.24, 2.45) is 0 Å². The molecule has 0 saturated heterocycles. The van der Waals surface area contributed by atoms with Gasteiger partial charge in [-0.15, -0.1) is 10.2 Å². The molecule has 1 aliphatic carbocycles. The number of nitrogens with one attached hydrogen (secondary N) is 1. The van der Waals surface area contributed by atoms with Crippen LogP contribution < -0.4 is 10.1 Å². The van der Waals surface area contributed by atoms with E-state index in [1.807, 2.05) is 0 Å². The Hall–Kier alpha value is -2.49. The first-order valence-corrected chi connectivity index (χ1v) is 9.85. The smallest absolute Gasteiger partial charge is 0.387 e. The van der Waals surface area contributed by atoms with Crippen LogP contribution in [0.15, 0.2) is 33.9 Å². The van der Waals surface area contributed by atoms with Gasteiger partial charge in [0.1, 0.15) is 5.75 Å². The lowest BCUT2D eigenvalue weighted by Gasteiger charge is -2.17. The van der Waals surface area contributed by atoms with Crippen molar-refractivity contribution in [2.45, 2.75) is 49.9 Å². The molecule has 1 aromatic carbocycles. The summed E-state index contributed by atoms with van der Waals surface area (Å²) in [5.41, 5.74) is 0.150. The van der Waals surface area contributed by atoms with Crippen LogP contribution in [0.2, 0.25) is 0 Å². The number of nitrogens with zero attached hydrogens (tertiary/aromatic N) is 2. The normalized spacial score (nSPS) is 14.8. The van der Waals surface area contributed by atoms with E-state index in [0.29, 0.717) is 5.89 Å². The van der Waals surface area contributed by atoms with E-state index in [2.05, 4.69) is 20.3 Å². The molecule has 0 radical (unpaired) electrons. The summed E-state index contributed by atoms with van der Waals surface area (Å²) in [7, 11) is 0. The fourth-order valence-corrected chi connectivity index (χ4v) is 3.51. The predicted octanol–water partition coefficient (Wildman–Crippen LogP) is 3.77. The van der Waals surface area contributed by atoms with E-state index in [-0.39, 0.29) is 28.2 Å². The largest absolute Gasteiger partial charge is 0.435 e. The van der Waals surface area contributed by atoms with Gasteiger partial charge in [-0.3, -0.25) is 14.9 Å². The Kier molecular flexibility index (Phi) is 6.96. The molecule has 10 heteroatoms. The van der Waals surface area contributed by atoms with Crippen LogP contribution in [0.3, 0.4) is 0 Å². The fraction of sp³-hybridized carbons (Fsp3) is 0.444. The number of imide groups is 1. The number of rotatable bonds is 7. The molecule has 0 bridgehead atoms. The number of thioether (sulfide) groups is 1. The molecule has 150 valence electrons. The van der Waals surface area contributed by atoms with Crippen molar-refractivity contribution in [2.75, 3.05) is 5.75 Å². The Bertz CT molecular complexity index is 807. The predicted molar refractivity (Wildman–Crippen MR) is 96.4 cm³/mol. The third-order valence-electron chi connectivity index (χ3n) is 4.30. The van der Waals surface area contributed by atoms with Crippen LogP contribution in [0.25, 0.3) is 0 Å². The van der Waals surface area contributed by atoms with Gasteiger partial charge < -0.3 is 9.15 Å². The van der Waals surface area contributed by atoms with Crippen LogP contribution in [0.1, 0.15) is 54.3 Å². The lowest BCUT2D eigenvalue weighted by atomic mass is 9.89. The zero-order valence-corrected chi connectivity index (χ0v) is 15.7. The van der Waals surface area contributed by atoms with Gasteiger partial charge >= 0.3 is 6.61 Å². The second-order valence-electron chi connectivity index (χ2n) is 6.31. The van der Waals surface area contributed by atoms with Gasteiger partial charge in [-0.05, 0) is 37.1 Å². The second-order valence-corrected chi connectivity index (χ2v) is 7.24. The number of aromatic nitrogens is 2. The van der Waals surface area contributed by atoms with Crippen molar-refractivity contribution >= 4 is 23.6 Å². The van der Waals surface area contributed by atoms with Crippen molar-refractivity contribution in [3.05, 3.63) is 35.7 Å². The average molecular weight is 411 g/mol. The highest BCUT2D eigenvalue weighted by Gasteiger charge is 2.22. The molecule has 0 unspecified atom stereocenters. The van der Waals surface area contributed by atoms with Gasteiger partial charge in [0.15, 0.2) is 0 Å². The highest BCUT2D eigenvalue weighted by atomic mass is 32.2.